The quantitative estimate of drug-likeness (QED) is 0.475. The van der Waals surface area contributed by atoms with Crippen LogP contribution in [0.4, 0.5) is 0 Å². The number of hydrogen-bond donors (Lipinski definition) is 0. The molecular formula is C17H21O4PS. The Morgan fingerprint density at radius 1 is 0.696 bits per heavy atom. The molecule has 0 amide bonds. The van der Waals surface area contributed by atoms with Gasteiger partial charge >= 0.3 is 0 Å². The van der Waals surface area contributed by atoms with Gasteiger partial charge in [0.15, 0.2) is 6.49 Å². The van der Waals surface area contributed by atoms with E-state index < -0.39 is 6.49 Å². The Kier molecular flexibility index (Phi) is 7.56. The van der Waals surface area contributed by atoms with Gasteiger partial charge in [-0.25, -0.2) is 0 Å². The maximum atomic E-state index is 5.63. The van der Waals surface area contributed by atoms with Crippen molar-refractivity contribution in [2.75, 3.05) is 33.1 Å². The number of benzene rings is 2. The van der Waals surface area contributed by atoms with Crippen LogP contribution in [0.5, 0.6) is 11.5 Å². The molecule has 0 bridgehead atoms. The van der Waals surface area contributed by atoms with Crippen LogP contribution in [-0.2, 0) is 20.9 Å². The highest BCUT2D eigenvalue weighted by Gasteiger charge is 2.11. The lowest BCUT2D eigenvalue weighted by Crippen LogP contribution is -2.09. The van der Waals surface area contributed by atoms with Gasteiger partial charge in [-0.3, -0.25) is 0 Å². The Morgan fingerprint density at radius 2 is 1.09 bits per heavy atom. The monoisotopic (exact) mass is 352 g/mol. The molecule has 0 aromatic heterocycles. The van der Waals surface area contributed by atoms with Crippen molar-refractivity contribution in [1.29, 1.82) is 0 Å². The average Bonchev–Trinajstić information content (AvgIpc) is 2.58. The third-order valence-corrected chi connectivity index (χ3v) is 4.78. The van der Waals surface area contributed by atoms with Gasteiger partial charge in [0.25, 0.3) is 0 Å². The molecule has 2 rings (SSSR count). The fraction of sp³-hybridized carbons (Fsp3) is 0.294. The molecule has 0 radical (unpaired) electrons. The van der Waals surface area contributed by atoms with Crippen molar-refractivity contribution < 1.29 is 18.5 Å². The first-order chi connectivity index (χ1) is 11.2. The Labute approximate surface area is 142 Å². The minimum atomic E-state index is -2.26. The summed E-state index contributed by atoms with van der Waals surface area (Å²) in [4.78, 5) is 0. The maximum absolute atomic E-state index is 5.63. The minimum absolute atomic E-state index is 0.405. The molecule has 0 aliphatic heterocycles. The first kappa shape index (κ1) is 18.0. The summed E-state index contributed by atoms with van der Waals surface area (Å²) in [6.07, 6.45) is 0. The Morgan fingerprint density at radius 3 is 1.48 bits per heavy atom. The predicted octanol–water partition coefficient (Wildman–Crippen LogP) is 4.12. The molecular weight excluding hydrogens is 331 g/mol. The molecule has 0 aliphatic carbocycles. The van der Waals surface area contributed by atoms with Crippen LogP contribution in [0.2, 0.25) is 0 Å². The highest BCUT2D eigenvalue weighted by atomic mass is 32.5. The molecule has 0 spiro atoms. The smallest absolute Gasteiger partial charge is 0.185 e. The van der Waals surface area contributed by atoms with E-state index in [9.17, 15) is 0 Å². The maximum Gasteiger partial charge on any atom is 0.185 e. The van der Waals surface area contributed by atoms with E-state index in [1.807, 2.05) is 67.3 Å². The molecule has 0 N–H and O–H groups in total. The summed E-state index contributed by atoms with van der Waals surface area (Å²) in [5.74, 6) is 1.63. The van der Waals surface area contributed by atoms with Gasteiger partial charge in [0.1, 0.15) is 24.7 Å². The number of hydrogen-bond acceptors (Lipinski definition) is 5. The van der Waals surface area contributed by atoms with Crippen LogP contribution in [-0.4, -0.2) is 33.1 Å². The topological polar surface area (TPSA) is 36.9 Å². The van der Waals surface area contributed by atoms with Crippen LogP contribution >= 0.6 is 6.49 Å². The van der Waals surface area contributed by atoms with Crippen molar-refractivity contribution in [3.63, 3.8) is 0 Å². The predicted molar refractivity (Wildman–Crippen MR) is 96.0 cm³/mol. The first-order valence-corrected chi connectivity index (χ1v) is 10.5. The Balaban J connectivity index is 1.58. The van der Waals surface area contributed by atoms with E-state index in [0.29, 0.717) is 26.4 Å². The molecule has 0 atom stereocenters. The molecule has 0 saturated carbocycles. The van der Waals surface area contributed by atoms with Crippen LogP contribution in [0, 0.1) is 0 Å². The average molecular weight is 352 g/mol. The summed E-state index contributed by atoms with van der Waals surface area (Å²) in [6, 6.07) is 19.2. The first-order valence-electron chi connectivity index (χ1n) is 7.38. The lowest BCUT2D eigenvalue weighted by Gasteiger charge is -2.18. The van der Waals surface area contributed by atoms with E-state index in [-0.39, 0.29) is 0 Å². The second kappa shape index (κ2) is 9.68. The summed E-state index contributed by atoms with van der Waals surface area (Å²) >= 11 is 5.36. The SMILES string of the molecule is CP(=S)(OCCOc1ccccc1)OCCOc1ccccc1. The van der Waals surface area contributed by atoms with E-state index >= 15 is 0 Å². The van der Waals surface area contributed by atoms with Crippen molar-refractivity contribution in [1.82, 2.24) is 0 Å². The standard InChI is InChI=1S/C17H21O4PS/c1-22(23,20-14-12-18-16-8-4-2-5-9-16)21-15-13-19-17-10-6-3-7-11-17/h2-11H,12-15H2,1H3. The third kappa shape index (κ3) is 7.62. The van der Waals surface area contributed by atoms with Crippen molar-refractivity contribution in [3.05, 3.63) is 60.7 Å². The molecule has 6 heteroatoms. The van der Waals surface area contributed by atoms with Gasteiger partial charge in [0.2, 0.25) is 0 Å². The number of ether oxygens (including phenoxy) is 2. The molecule has 4 nitrogen and oxygen atoms in total. The van der Waals surface area contributed by atoms with Gasteiger partial charge in [-0.2, -0.15) is 0 Å². The molecule has 0 unspecified atom stereocenters. The fourth-order valence-electron chi connectivity index (χ4n) is 1.80. The van der Waals surface area contributed by atoms with Crippen LogP contribution in [0.1, 0.15) is 0 Å². The normalized spacial score (nSPS) is 11.2. The van der Waals surface area contributed by atoms with Crippen LogP contribution in [0.25, 0.3) is 0 Å². The van der Waals surface area contributed by atoms with Gasteiger partial charge in [0, 0.05) is 6.66 Å². The van der Waals surface area contributed by atoms with Crippen molar-refractivity contribution in [2.45, 2.75) is 0 Å². The minimum Gasteiger partial charge on any atom is -0.491 e. The van der Waals surface area contributed by atoms with E-state index in [1.165, 1.54) is 0 Å². The molecule has 0 heterocycles. The summed E-state index contributed by atoms with van der Waals surface area (Å²) in [5.41, 5.74) is 0. The van der Waals surface area contributed by atoms with Gasteiger partial charge in [0.05, 0.1) is 13.2 Å². The van der Waals surface area contributed by atoms with Crippen molar-refractivity contribution in [2.24, 2.45) is 0 Å². The van der Waals surface area contributed by atoms with Crippen molar-refractivity contribution >= 4 is 18.3 Å². The Hall–Kier alpha value is -1.39. The van der Waals surface area contributed by atoms with Gasteiger partial charge in [-0.15, -0.1) is 0 Å². The zero-order valence-electron chi connectivity index (χ0n) is 13.1. The van der Waals surface area contributed by atoms with Gasteiger partial charge in [-0.1, -0.05) is 36.4 Å². The molecule has 23 heavy (non-hydrogen) atoms. The zero-order valence-corrected chi connectivity index (χ0v) is 14.8. The molecule has 2 aromatic carbocycles. The Bertz CT molecular complexity index is 555. The summed E-state index contributed by atoms with van der Waals surface area (Å²) < 4.78 is 22.4. The number of para-hydroxylation sites is 2. The second-order valence-electron chi connectivity index (χ2n) is 4.76. The van der Waals surface area contributed by atoms with E-state index in [1.54, 1.807) is 0 Å². The summed E-state index contributed by atoms with van der Waals surface area (Å²) in [7, 11) is 0. The zero-order chi connectivity index (χ0) is 16.4. The van der Waals surface area contributed by atoms with Crippen LogP contribution < -0.4 is 9.47 Å². The van der Waals surface area contributed by atoms with Crippen molar-refractivity contribution in [3.8, 4) is 11.5 Å². The summed E-state index contributed by atoms with van der Waals surface area (Å²) in [5, 5.41) is 0. The lowest BCUT2D eigenvalue weighted by molar-refractivity contribution is 0.178. The van der Waals surface area contributed by atoms with Crippen LogP contribution in [0.3, 0.4) is 0 Å². The van der Waals surface area contributed by atoms with E-state index in [0.717, 1.165) is 11.5 Å². The molecule has 0 fully saturated rings. The highest BCUT2D eigenvalue weighted by molar-refractivity contribution is 8.09. The molecule has 124 valence electrons. The molecule has 0 saturated heterocycles. The number of rotatable bonds is 10. The largest absolute Gasteiger partial charge is 0.491 e. The second-order valence-corrected chi connectivity index (χ2v) is 8.81. The fourth-order valence-corrected chi connectivity index (χ4v) is 3.13. The highest BCUT2D eigenvalue weighted by Crippen LogP contribution is 2.43. The van der Waals surface area contributed by atoms with E-state index in [4.69, 9.17) is 30.3 Å². The third-order valence-electron chi connectivity index (χ3n) is 2.84. The molecule has 2 aromatic rings. The van der Waals surface area contributed by atoms with Gasteiger partial charge in [-0.05, 0) is 36.1 Å². The molecule has 0 aliphatic rings. The van der Waals surface area contributed by atoms with Crippen LogP contribution in [0.15, 0.2) is 60.7 Å². The summed E-state index contributed by atoms with van der Waals surface area (Å²) in [6.45, 7) is 1.25. The lowest BCUT2D eigenvalue weighted by atomic mass is 10.3. The van der Waals surface area contributed by atoms with E-state index in [2.05, 4.69) is 0 Å². The van der Waals surface area contributed by atoms with Gasteiger partial charge < -0.3 is 18.5 Å².